The predicted molar refractivity (Wildman–Crippen MR) is 65.8 cm³/mol. The normalized spacial score (nSPS) is 18.9. The van der Waals surface area contributed by atoms with Gasteiger partial charge in [-0.2, -0.15) is 12.7 Å². The lowest BCUT2D eigenvalue weighted by Gasteiger charge is -2.17. The molecule has 90 valence electrons. The molecule has 1 N–H and O–H groups in total. The Kier molecular flexibility index (Phi) is 3.09. The predicted octanol–water partition coefficient (Wildman–Crippen LogP) is 1.18. The van der Waals surface area contributed by atoms with Crippen molar-refractivity contribution in [2.45, 2.75) is 18.3 Å². The van der Waals surface area contributed by atoms with Crippen LogP contribution >= 0.6 is 11.3 Å². The summed E-state index contributed by atoms with van der Waals surface area (Å²) in [6.07, 6.45) is 2.15. The summed E-state index contributed by atoms with van der Waals surface area (Å²) in [6, 6.07) is 4.10. The first-order valence-corrected chi connectivity index (χ1v) is 7.49. The SMILES string of the molecule is CN(C)S(=O)(=O)NCC1(c2cccs2)CC1. The molecule has 1 saturated carbocycles. The third-order valence-electron chi connectivity index (χ3n) is 2.97. The molecule has 0 spiro atoms. The first-order chi connectivity index (χ1) is 7.46. The van der Waals surface area contributed by atoms with Crippen LogP contribution in [0.2, 0.25) is 0 Å². The molecule has 0 bridgehead atoms. The summed E-state index contributed by atoms with van der Waals surface area (Å²) in [5, 5.41) is 2.04. The number of nitrogens with one attached hydrogen (secondary N) is 1. The Bertz CT molecular complexity index is 447. The summed E-state index contributed by atoms with van der Waals surface area (Å²) < 4.78 is 27.0. The van der Waals surface area contributed by atoms with E-state index in [2.05, 4.69) is 10.8 Å². The summed E-state index contributed by atoms with van der Waals surface area (Å²) in [6.45, 7) is 0.508. The summed E-state index contributed by atoms with van der Waals surface area (Å²) in [5.74, 6) is 0. The van der Waals surface area contributed by atoms with Crippen LogP contribution in [0.1, 0.15) is 17.7 Å². The van der Waals surface area contributed by atoms with Gasteiger partial charge in [-0.15, -0.1) is 11.3 Å². The maximum atomic E-state index is 11.6. The Morgan fingerprint density at radius 2 is 2.19 bits per heavy atom. The van der Waals surface area contributed by atoms with Gasteiger partial charge in [0.05, 0.1) is 0 Å². The van der Waals surface area contributed by atoms with E-state index in [9.17, 15) is 8.42 Å². The zero-order chi connectivity index (χ0) is 11.8. The molecule has 1 heterocycles. The third kappa shape index (κ3) is 2.29. The molecule has 1 fully saturated rings. The van der Waals surface area contributed by atoms with Crippen LogP contribution in [0.15, 0.2) is 17.5 Å². The monoisotopic (exact) mass is 260 g/mol. The molecule has 1 aliphatic rings. The van der Waals surface area contributed by atoms with Crippen molar-refractivity contribution in [3.05, 3.63) is 22.4 Å². The molecule has 0 saturated heterocycles. The number of hydrogen-bond donors (Lipinski definition) is 1. The highest BCUT2D eigenvalue weighted by atomic mass is 32.2. The van der Waals surface area contributed by atoms with E-state index < -0.39 is 10.2 Å². The molecule has 0 unspecified atom stereocenters. The van der Waals surface area contributed by atoms with E-state index in [1.807, 2.05) is 11.4 Å². The van der Waals surface area contributed by atoms with E-state index in [0.29, 0.717) is 6.54 Å². The first kappa shape index (κ1) is 12.0. The second-order valence-corrected chi connectivity index (χ2v) is 7.28. The van der Waals surface area contributed by atoms with Crippen molar-refractivity contribution in [2.75, 3.05) is 20.6 Å². The summed E-state index contributed by atoms with van der Waals surface area (Å²) in [7, 11) is -0.225. The topological polar surface area (TPSA) is 49.4 Å². The maximum Gasteiger partial charge on any atom is 0.278 e. The highest BCUT2D eigenvalue weighted by Gasteiger charge is 2.45. The van der Waals surface area contributed by atoms with E-state index in [4.69, 9.17) is 0 Å². The minimum absolute atomic E-state index is 0.0667. The van der Waals surface area contributed by atoms with Gasteiger partial charge in [-0.1, -0.05) is 6.07 Å². The molecule has 0 atom stereocenters. The lowest BCUT2D eigenvalue weighted by atomic mass is 10.1. The van der Waals surface area contributed by atoms with E-state index in [0.717, 1.165) is 12.8 Å². The highest BCUT2D eigenvalue weighted by molar-refractivity contribution is 7.87. The zero-order valence-electron chi connectivity index (χ0n) is 9.43. The van der Waals surface area contributed by atoms with Crippen molar-refractivity contribution in [2.24, 2.45) is 0 Å². The summed E-state index contributed by atoms with van der Waals surface area (Å²) >= 11 is 1.70. The van der Waals surface area contributed by atoms with Gasteiger partial charge in [0.1, 0.15) is 0 Å². The number of thiophene rings is 1. The maximum absolute atomic E-state index is 11.6. The largest absolute Gasteiger partial charge is 0.278 e. The lowest BCUT2D eigenvalue weighted by Crippen LogP contribution is -2.39. The van der Waals surface area contributed by atoms with Crippen LogP contribution in [0.25, 0.3) is 0 Å². The molecular formula is C10H16N2O2S2. The van der Waals surface area contributed by atoms with Crippen molar-refractivity contribution in [1.82, 2.24) is 9.03 Å². The zero-order valence-corrected chi connectivity index (χ0v) is 11.1. The molecule has 0 amide bonds. The standard InChI is InChI=1S/C10H16N2O2S2/c1-12(2)16(13,14)11-8-10(5-6-10)9-4-3-7-15-9/h3-4,7,11H,5-6,8H2,1-2H3. The second kappa shape index (κ2) is 4.10. The molecule has 0 aromatic carbocycles. The van der Waals surface area contributed by atoms with E-state index >= 15 is 0 Å². The van der Waals surface area contributed by atoms with Gasteiger partial charge in [0.25, 0.3) is 10.2 Å². The average molecular weight is 260 g/mol. The fraction of sp³-hybridized carbons (Fsp3) is 0.600. The Morgan fingerprint density at radius 3 is 2.62 bits per heavy atom. The summed E-state index contributed by atoms with van der Waals surface area (Å²) in [4.78, 5) is 1.29. The van der Waals surface area contributed by atoms with Crippen molar-refractivity contribution >= 4 is 21.5 Å². The van der Waals surface area contributed by atoms with Gasteiger partial charge in [0.15, 0.2) is 0 Å². The number of hydrogen-bond acceptors (Lipinski definition) is 3. The van der Waals surface area contributed by atoms with Gasteiger partial charge >= 0.3 is 0 Å². The van der Waals surface area contributed by atoms with E-state index in [1.165, 1.54) is 23.3 Å². The van der Waals surface area contributed by atoms with Crippen LogP contribution in [0.3, 0.4) is 0 Å². The van der Waals surface area contributed by atoms with Crippen LogP contribution in [0.4, 0.5) is 0 Å². The number of nitrogens with zero attached hydrogens (tertiary/aromatic N) is 1. The van der Waals surface area contributed by atoms with E-state index in [-0.39, 0.29) is 5.41 Å². The van der Waals surface area contributed by atoms with Crippen molar-refractivity contribution in [3.63, 3.8) is 0 Å². The van der Waals surface area contributed by atoms with Gasteiger partial charge in [-0.25, -0.2) is 4.72 Å². The lowest BCUT2D eigenvalue weighted by molar-refractivity contribution is 0.498. The average Bonchev–Trinajstić information content (AvgIpc) is 2.80. The second-order valence-electron chi connectivity index (χ2n) is 4.37. The molecule has 0 aliphatic heterocycles. The first-order valence-electron chi connectivity index (χ1n) is 5.17. The van der Waals surface area contributed by atoms with Crippen LogP contribution in [-0.2, 0) is 15.6 Å². The van der Waals surface area contributed by atoms with Gasteiger partial charge in [0, 0.05) is 30.9 Å². The molecule has 1 aliphatic carbocycles. The van der Waals surface area contributed by atoms with Crippen LogP contribution < -0.4 is 4.72 Å². The van der Waals surface area contributed by atoms with Gasteiger partial charge in [-0.3, -0.25) is 0 Å². The molecule has 1 aromatic rings. The quantitative estimate of drug-likeness (QED) is 0.864. The molecule has 4 nitrogen and oxygen atoms in total. The van der Waals surface area contributed by atoms with Crippen LogP contribution in [-0.4, -0.2) is 33.4 Å². The Labute approximate surface area is 100 Å². The minimum Gasteiger partial charge on any atom is -0.201 e. The molecule has 6 heteroatoms. The van der Waals surface area contributed by atoms with E-state index in [1.54, 1.807) is 11.3 Å². The molecule has 16 heavy (non-hydrogen) atoms. The Balaban J connectivity index is 2.02. The van der Waals surface area contributed by atoms with Gasteiger partial charge < -0.3 is 0 Å². The van der Waals surface area contributed by atoms with Crippen molar-refractivity contribution < 1.29 is 8.42 Å². The van der Waals surface area contributed by atoms with Gasteiger partial charge in [0.2, 0.25) is 0 Å². The van der Waals surface area contributed by atoms with Crippen molar-refractivity contribution in [3.8, 4) is 0 Å². The molecule has 0 radical (unpaired) electrons. The Morgan fingerprint density at radius 1 is 1.50 bits per heavy atom. The van der Waals surface area contributed by atoms with Crippen LogP contribution in [0.5, 0.6) is 0 Å². The molecule has 1 aromatic heterocycles. The Hall–Kier alpha value is -0.430. The van der Waals surface area contributed by atoms with Crippen LogP contribution in [0, 0.1) is 0 Å². The smallest absolute Gasteiger partial charge is 0.201 e. The highest BCUT2D eigenvalue weighted by Crippen LogP contribution is 2.49. The third-order valence-corrected chi connectivity index (χ3v) is 5.56. The number of rotatable bonds is 5. The summed E-state index contributed by atoms with van der Waals surface area (Å²) in [5.41, 5.74) is 0.0667. The minimum atomic E-state index is -3.29. The fourth-order valence-corrected chi connectivity index (χ4v) is 3.30. The van der Waals surface area contributed by atoms with Crippen molar-refractivity contribution in [1.29, 1.82) is 0 Å². The molecular weight excluding hydrogens is 244 g/mol. The van der Waals surface area contributed by atoms with Gasteiger partial charge in [-0.05, 0) is 24.3 Å². The fourth-order valence-electron chi connectivity index (χ4n) is 1.60. The molecule has 2 rings (SSSR count).